The van der Waals surface area contributed by atoms with Crippen LogP contribution in [0.25, 0.3) is 22.6 Å². The van der Waals surface area contributed by atoms with Gasteiger partial charge < -0.3 is 9.30 Å². The van der Waals surface area contributed by atoms with Crippen molar-refractivity contribution >= 4 is 11.8 Å². The summed E-state index contributed by atoms with van der Waals surface area (Å²) in [6, 6.07) is 25.4. The normalized spacial score (nSPS) is 10.8. The zero-order valence-corrected chi connectivity index (χ0v) is 20.3. The summed E-state index contributed by atoms with van der Waals surface area (Å²) in [5, 5.41) is 7.44. The van der Waals surface area contributed by atoms with E-state index < -0.39 is 6.09 Å². The number of benzene rings is 3. The third kappa shape index (κ3) is 4.90. The highest BCUT2D eigenvalue weighted by molar-refractivity contribution is 5.85. The topological polar surface area (TPSA) is 74.0 Å². The molecule has 0 saturated carbocycles. The van der Waals surface area contributed by atoms with Crippen molar-refractivity contribution in [3.63, 3.8) is 0 Å². The van der Waals surface area contributed by atoms with Crippen LogP contribution in [0.4, 0.5) is 10.5 Å². The van der Waals surface area contributed by atoms with Crippen LogP contribution in [0.2, 0.25) is 0 Å². The van der Waals surface area contributed by atoms with Crippen LogP contribution in [-0.4, -0.2) is 25.4 Å². The van der Waals surface area contributed by atoms with Gasteiger partial charge in [-0.2, -0.15) is 5.10 Å². The van der Waals surface area contributed by atoms with Crippen LogP contribution in [-0.2, 0) is 17.8 Å². The Labute approximate surface area is 210 Å². The quantitative estimate of drug-likeness (QED) is 0.297. The van der Waals surface area contributed by atoms with Gasteiger partial charge in [0.2, 0.25) is 0 Å². The zero-order chi connectivity index (χ0) is 24.9. The molecule has 180 valence electrons. The van der Waals surface area contributed by atoms with Crippen LogP contribution in [0.5, 0.6) is 0 Å². The minimum Gasteiger partial charge on any atom is -0.444 e. The molecule has 36 heavy (non-hydrogen) atoms. The average molecular weight is 478 g/mol. The standard InChI is InChI=1S/C29H27N5O2/c1-3-27-25(17-31-34(27)24-12-8-5-9-13-24)26-18-33(20-30-26)28-16-23(15-14-21(28)2)32-29(35)36-19-22-10-6-4-7-11-22/h4-18,20H,3,19H2,1-2H3,(H,32,35). The minimum absolute atomic E-state index is 0.215. The number of nitrogens with zero attached hydrogens (tertiary/aromatic N) is 4. The molecule has 7 heteroatoms. The van der Waals surface area contributed by atoms with E-state index >= 15 is 0 Å². The molecule has 0 atom stereocenters. The lowest BCUT2D eigenvalue weighted by molar-refractivity contribution is 0.155. The van der Waals surface area contributed by atoms with Gasteiger partial charge in [0.15, 0.2) is 0 Å². The number of imidazole rings is 1. The molecule has 5 aromatic rings. The molecule has 2 aromatic heterocycles. The number of para-hydroxylation sites is 1. The highest BCUT2D eigenvalue weighted by atomic mass is 16.5. The van der Waals surface area contributed by atoms with Crippen molar-refractivity contribution in [1.82, 2.24) is 19.3 Å². The summed E-state index contributed by atoms with van der Waals surface area (Å²) in [6.07, 6.45) is 5.97. The molecular formula is C29H27N5O2. The molecule has 0 aliphatic heterocycles. The lowest BCUT2D eigenvalue weighted by Gasteiger charge is -2.11. The summed E-state index contributed by atoms with van der Waals surface area (Å²) in [6.45, 7) is 4.36. The Morgan fingerprint density at radius 2 is 1.75 bits per heavy atom. The third-order valence-corrected chi connectivity index (χ3v) is 6.01. The Morgan fingerprint density at radius 3 is 2.50 bits per heavy atom. The van der Waals surface area contributed by atoms with E-state index in [9.17, 15) is 4.79 Å². The maximum Gasteiger partial charge on any atom is 0.411 e. The Morgan fingerprint density at radius 1 is 1.00 bits per heavy atom. The van der Waals surface area contributed by atoms with E-state index in [1.807, 2.05) is 107 Å². The number of anilines is 1. The van der Waals surface area contributed by atoms with Gasteiger partial charge in [-0.25, -0.2) is 14.5 Å². The van der Waals surface area contributed by atoms with Crippen LogP contribution in [0.3, 0.4) is 0 Å². The van der Waals surface area contributed by atoms with Gasteiger partial charge >= 0.3 is 6.09 Å². The summed E-state index contributed by atoms with van der Waals surface area (Å²) >= 11 is 0. The van der Waals surface area contributed by atoms with Crippen molar-refractivity contribution in [2.45, 2.75) is 26.9 Å². The third-order valence-electron chi connectivity index (χ3n) is 6.01. The van der Waals surface area contributed by atoms with E-state index in [1.165, 1.54) is 0 Å². The van der Waals surface area contributed by atoms with Crippen molar-refractivity contribution < 1.29 is 9.53 Å². The number of aromatic nitrogens is 4. The van der Waals surface area contributed by atoms with E-state index in [4.69, 9.17) is 4.74 Å². The number of rotatable bonds is 7. The monoisotopic (exact) mass is 477 g/mol. The highest BCUT2D eigenvalue weighted by Crippen LogP contribution is 2.27. The van der Waals surface area contributed by atoms with E-state index in [0.29, 0.717) is 5.69 Å². The molecule has 1 N–H and O–H groups in total. The molecule has 5 rings (SSSR count). The van der Waals surface area contributed by atoms with E-state index in [2.05, 4.69) is 22.3 Å². The predicted molar refractivity (Wildman–Crippen MR) is 140 cm³/mol. The van der Waals surface area contributed by atoms with Crippen molar-refractivity contribution in [1.29, 1.82) is 0 Å². The number of ether oxygens (including phenoxy) is 1. The lowest BCUT2D eigenvalue weighted by atomic mass is 10.1. The van der Waals surface area contributed by atoms with Gasteiger partial charge in [-0.05, 0) is 48.7 Å². The van der Waals surface area contributed by atoms with Crippen molar-refractivity contribution in [2.24, 2.45) is 0 Å². The molecule has 0 fully saturated rings. The number of nitrogens with one attached hydrogen (secondary N) is 1. The van der Waals surface area contributed by atoms with Crippen molar-refractivity contribution in [2.75, 3.05) is 5.32 Å². The van der Waals surface area contributed by atoms with Gasteiger partial charge in [0, 0.05) is 17.4 Å². The number of aryl methyl sites for hydroxylation is 1. The van der Waals surface area contributed by atoms with E-state index in [-0.39, 0.29) is 6.61 Å². The van der Waals surface area contributed by atoms with Gasteiger partial charge in [0.05, 0.1) is 35.3 Å². The second-order valence-corrected chi connectivity index (χ2v) is 8.46. The smallest absolute Gasteiger partial charge is 0.411 e. The van der Waals surface area contributed by atoms with Gasteiger partial charge in [0.25, 0.3) is 0 Å². The van der Waals surface area contributed by atoms with Crippen LogP contribution in [0.1, 0.15) is 23.7 Å². The first-order valence-corrected chi connectivity index (χ1v) is 11.9. The fourth-order valence-electron chi connectivity index (χ4n) is 4.16. The number of carbonyl (C=O) groups is 1. The van der Waals surface area contributed by atoms with Gasteiger partial charge in [-0.1, -0.05) is 61.5 Å². The molecule has 0 radical (unpaired) electrons. The summed E-state index contributed by atoms with van der Waals surface area (Å²) in [4.78, 5) is 17.0. The molecular weight excluding hydrogens is 450 g/mol. The lowest BCUT2D eigenvalue weighted by Crippen LogP contribution is -2.13. The average Bonchev–Trinajstić information content (AvgIpc) is 3.57. The molecule has 0 bridgehead atoms. The molecule has 7 nitrogen and oxygen atoms in total. The fourth-order valence-corrected chi connectivity index (χ4v) is 4.16. The Balaban J connectivity index is 1.35. The number of hydrogen-bond acceptors (Lipinski definition) is 4. The zero-order valence-electron chi connectivity index (χ0n) is 20.3. The molecule has 0 aliphatic carbocycles. The molecule has 0 spiro atoms. The molecule has 3 aromatic carbocycles. The maximum absolute atomic E-state index is 12.3. The molecule has 0 unspecified atom stereocenters. The summed E-state index contributed by atoms with van der Waals surface area (Å²) in [5.74, 6) is 0. The summed E-state index contributed by atoms with van der Waals surface area (Å²) in [7, 11) is 0. The van der Waals surface area contributed by atoms with E-state index in [1.54, 1.807) is 6.33 Å². The second kappa shape index (κ2) is 10.3. The number of hydrogen-bond donors (Lipinski definition) is 1. The van der Waals surface area contributed by atoms with Gasteiger partial charge in [-0.3, -0.25) is 5.32 Å². The van der Waals surface area contributed by atoms with Gasteiger partial charge in [-0.15, -0.1) is 0 Å². The first-order chi connectivity index (χ1) is 17.6. The molecule has 1 amide bonds. The summed E-state index contributed by atoms with van der Waals surface area (Å²) < 4.78 is 9.28. The first kappa shape index (κ1) is 23.1. The van der Waals surface area contributed by atoms with Gasteiger partial charge in [0.1, 0.15) is 6.61 Å². The number of amides is 1. The Kier molecular flexibility index (Phi) is 6.62. The molecule has 0 aliphatic rings. The van der Waals surface area contributed by atoms with E-state index in [0.717, 1.165) is 45.9 Å². The number of carbonyl (C=O) groups excluding carboxylic acids is 1. The molecule has 0 saturated heterocycles. The van der Waals surface area contributed by atoms with Crippen LogP contribution in [0.15, 0.2) is 97.6 Å². The predicted octanol–water partition coefficient (Wildman–Crippen LogP) is 6.34. The fraction of sp³-hybridized carbons (Fsp3) is 0.138. The second-order valence-electron chi connectivity index (χ2n) is 8.46. The molecule has 2 heterocycles. The first-order valence-electron chi connectivity index (χ1n) is 11.9. The Bertz CT molecular complexity index is 1470. The highest BCUT2D eigenvalue weighted by Gasteiger charge is 2.16. The Hall–Kier alpha value is -4.65. The SMILES string of the molecule is CCc1c(-c2cn(-c3cc(NC(=O)OCc4ccccc4)ccc3C)cn2)cnn1-c1ccccc1. The van der Waals surface area contributed by atoms with Crippen LogP contribution < -0.4 is 5.32 Å². The van der Waals surface area contributed by atoms with Crippen LogP contribution >= 0.6 is 0 Å². The van der Waals surface area contributed by atoms with Crippen LogP contribution in [0, 0.1) is 6.92 Å². The van der Waals surface area contributed by atoms with Crippen molar-refractivity contribution in [3.05, 3.63) is 114 Å². The largest absolute Gasteiger partial charge is 0.444 e. The maximum atomic E-state index is 12.3. The minimum atomic E-state index is -0.499. The summed E-state index contributed by atoms with van der Waals surface area (Å²) in [5.41, 5.74) is 7.51. The van der Waals surface area contributed by atoms with Crippen molar-refractivity contribution in [3.8, 4) is 22.6 Å².